The molecule has 2 heterocycles. The van der Waals surface area contributed by atoms with Crippen molar-refractivity contribution in [3.8, 4) is 11.6 Å². The molecule has 0 bridgehead atoms. The van der Waals surface area contributed by atoms with Gasteiger partial charge in [0, 0.05) is 24.2 Å². The molecule has 34 heavy (non-hydrogen) atoms. The van der Waals surface area contributed by atoms with E-state index in [0.29, 0.717) is 29.2 Å². The molecule has 3 N–H and O–H groups in total. The predicted octanol–water partition coefficient (Wildman–Crippen LogP) is 6.00. The first-order valence-corrected chi connectivity index (χ1v) is 12.9. The van der Waals surface area contributed by atoms with Gasteiger partial charge in [0.05, 0.1) is 11.9 Å². The van der Waals surface area contributed by atoms with Crippen LogP contribution in [-0.4, -0.2) is 35.0 Å². The Bertz CT molecular complexity index is 947. The molecule has 4 rings (SSSR count). The fourth-order valence-electron chi connectivity index (χ4n) is 5.16. The SMILES string of the molecule is CC(C)(C)CNCCCC(C1CCCCC1)N1Cc2cc(Oc3ccccc3)ncc2N=C1N. The van der Waals surface area contributed by atoms with Crippen LogP contribution in [-0.2, 0) is 6.54 Å². The quantitative estimate of drug-likeness (QED) is 0.446. The zero-order valence-corrected chi connectivity index (χ0v) is 21.1. The molecule has 0 radical (unpaired) electrons. The Morgan fingerprint density at radius 2 is 1.91 bits per heavy atom. The molecule has 6 heteroatoms. The number of nitrogens with zero attached hydrogens (tertiary/aromatic N) is 3. The van der Waals surface area contributed by atoms with E-state index in [0.717, 1.165) is 49.5 Å². The van der Waals surface area contributed by atoms with E-state index in [1.165, 1.54) is 32.1 Å². The Hall–Kier alpha value is -2.60. The summed E-state index contributed by atoms with van der Waals surface area (Å²) in [5.74, 6) is 2.69. The summed E-state index contributed by atoms with van der Waals surface area (Å²) in [6.07, 6.45) is 10.6. The minimum atomic E-state index is 0.310. The molecular formula is C28H41N5O. The van der Waals surface area contributed by atoms with Crippen molar-refractivity contribution in [2.75, 3.05) is 13.1 Å². The molecule has 0 saturated heterocycles. The lowest BCUT2D eigenvalue weighted by molar-refractivity contribution is 0.162. The lowest BCUT2D eigenvalue weighted by Gasteiger charge is -2.41. The largest absolute Gasteiger partial charge is 0.439 e. The van der Waals surface area contributed by atoms with Crippen LogP contribution in [0.3, 0.4) is 0 Å². The standard InChI is InChI=1S/C28H41N5O/c1-28(2,3)20-30-16-10-15-25(21-11-6-4-7-12-21)33-19-22-17-26(31-18-24(22)32-27(33)29)34-23-13-8-5-9-14-23/h5,8-9,13-14,17-18,21,25,30H,4,6-7,10-12,15-16,19-20H2,1-3H3,(H2,29,32). The van der Waals surface area contributed by atoms with Crippen molar-refractivity contribution in [1.82, 2.24) is 15.2 Å². The summed E-state index contributed by atoms with van der Waals surface area (Å²) in [7, 11) is 0. The molecule has 0 amide bonds. The average Bonchev–Trinajstić information content (AvgIpc) is 2.82. The number of fused-ring (bicyclic) bond motifs is 1. The number of ether oxygens (including phenoxy) is 1. The maximum absolute atomic E-state index is 6.55. The van der Waals surface area contributed by atoms with Crippen LogP contribution in [0.15, 0.2) is 47.6 Å². The third-order valence-electron chi connectivity index (χ3n) is 6.88. The number of benzene rings is 1. The lowest BCUT2D eigenvalue weighted by Crippen LogP contribution is -2.49. The summed E-state index contributed by atoms with van der Waals surface area (Å²) in [5.41, 5.74) is 8.84. The second-order valence-electron chi connectivity index (χ2n) is 11.0. The van der Waals surface area contributed by atoms with E-state index in [1.807, 2.05) is 36.4 Å². The maximum atomic E-state index is 6.55. The first-order valence-electron chi connectivity index (χ1n) is 12.9. The summed E-state index contributed by atoms with van der Waals surface area (Å²) in [6.45, 7) is 9.67. The minimum Gasteiger partial charge on any atom is -0.439 e. The van der Waals surface area contributed by atoms with Gasteiger partial charge in [-0.05, 0) is 62.2 Å². The molecule has 1 aliphatic carbocycles. The van der Waals surface area contributed by atoms with E-state index < -0.39 is 0 Å². The Morgan fingerprint density at radius 1 is 1.15 bits per heavy atom. The van der Waals surface area contributed by atoms with Crippen molar-refractivity contribution in [2.24, 2.45) is 22.1 Å². The Balaban J connectivity index is 1.46. The van der Waals surface area contributed by atoms with E-state index >= 15 is 0 Å². The molecule has 184 valence electrons. The van der Waals surface area contributed by atoms with Gasteiger partial charge < -0.3 is 20.7 Å². The van der Waals surface area contributed by atoms with Gasteiger partial charge in [0.15, 0.2) is 5.96 Å². The summed E-state index contributed by atoms with van der Waals surface area (Å²) in [4.78, 5) is 11.6. The van der Waals surface area contributed by atoms with Crippen molar-refractivity contribution < 1.29 is 4.74 Å². The molecule has 1 atom stereocenters. The number of nitrogens with one attached hydrogen (secondary N) is 1. The van der Waals surface area contributed by atoms with Crippen LogP contribution in [0.25, 0.3) is 0 Å². The smallest absolute Gasteiger partial charge is 0.219 e. The van der Waals surface area contributed by atoms with Crippen LogP contribution in [0.2, 0.25) is 0 Å². The number of aliphatic imine (C=N–C) groups is 1. The molecule has 1 aromatic carbocycles. The molecule has 1 aromatic heterocycles. The van der Waals surface area contributed by atoms with Crippen molar-refractivity contribution in [3.63, 3.8) is 0 Å². The van der Waals surface area contributed by atoms with E-state index in [2.05, 4.69) is 36.0 Å². The van der Waals surface area contributed by atoms with Crippen molar-refractivity contribution >= 4 is 11.6 Å². The molecular weight excluding hydrogens is 422 g/mol. The van der Waals surface area contributed by atoms with Gasteiger partial charge in [0.1, 0.15) is 5.75 Å². The second-order valence-corrected chi connectivity index (χ2v) is 11.0. The van der Waals surface area contributed by atoms with Crippen LogP contribution < -0.4 is 15.8 Å². The van der Waals surface area contributed by atoms with Crippen molar-refractivity contribution in [1.29, 1.82) is 0 Å². The number of rotatable bonds is 9. The Labute approximate surface area is 205 Å². The first kappa shape index (κ1) is 24.5. The maximum Gasteiger partial charge on any atom is 0.219 e. The van der Waals surface area contributed by atoms with Gasteiger partial charge >= 0.3 is 0 Å². The van der Waals surface area contributed by atoms with Gasteiger partial charge in [-0.3, -0.25) is 0 Å². The molecule has 2 aromatic rings. The highest BCUT2D eigenvalue weighted by Crippen LogP contribution is 2.36. The van der Waals surface area contributed by atoms with Gasteiger partial charge in [-0.1, -0.05) is 58.2 Å². The average molecular weight is 464 g/mol. The molecule has 1 saturated carbocycles. The fourth-order valence-corrected chi connectivity index (χ4v) is 5.16. The molecule has 1 aliphatic heterocycles. The molecule has 0 spiro atoms. The normalized spacial score (nSPS) is 17.7. The molecule has 6 nitrogen and oxygen atoms in total. The summed E-state index contributed by atoms with van der Waals surface area (Å²) in [5, 5.41) is 3.64. The third kappa shape index (κ3) is 6.72. The Kier molecular flexibility index (Phi) is 8.09. The van der Waals surface area contributed by atoms with Gasteiger partial charge in [-0.15, -0.1) is 0 Å². The molecule has 1 fully saturated rings. The fraction of sp³-hybridized carbons (Fsp3) is 0.571. The van der Waals surface area contributed by atoms with Crippen LogP contribution in [0.4, 0.5) is 5.69 Å². The summed E-state index contributed by atoms with van der Waals surface area (Å²) < 4.78 is 5.98. The van der Waals surface area contributed by atoms with Gasteiger partial charge in [-0.25, -0.2) is 9.98 Å². The number of nitrogens with two attached hydrogens (primary N) is 1. The number of hydrogen-bond donors (Lipinski definition) is 2. The van der Waals surface area contributed by atoms with E-state index in [4.69, 9.17) is 15.5 Å². The number of aromatic nitrogens is 1. The number of para-hydroxylation sites is 1. The van der Waals surface area contributed by atoms with E-state index in [1.54, 1.807) is 6.20 Å². The zero-order valence-electron chi connectivity index (χ0n) is 21.1. The highest BCUT2D eigenvalue weighted by Gasteiger charge is 2.32. The van der Waals surface area contributed by atoms with Gasteiger partial charge in [0.2, 0.25) is 5.88 Å². The molecule has 1 unspecified atom stereocenters. The molecule has 2 aliphatic rings. The number of guanidine groups is 1. The van der Waals surface area contributed by atoms with Crippen molar-refractivity contribution in [2.45, 2.75) is 78.3 Å². The van der Waals surface area contributed by atoms with Crippen LogP contribution in [0.5, 0.6) is 11.6 Å². The van der Waals surface area contributed by atoms with Crippen LogP contribution >= 0.6 is 0 Å². The van der Waals surface area contributed by atoms with Crippen LogP contribution in [0.1, 0.15) is 71.3 Å². The first-order chi connectivity index (χ1) is 16.4. The number of hydrogen-bond acceptors (Lipinski definition) is 6. The Morgan fingerprint density at radius 3 is 2.65 bits per heavy atom. The van der Waals surface area contributed by atoms with E-state index in [9.17, 15) is 0 Å². The topological polar surface area (TPSA) is 75.8 Å². The lowest BCUT2D eigenvalue weighted by atomic mass is 9.81. The van der Waals surface area contributed by atoms with Crippen molar-refractivity contribution in [3.05, 3.63) is 48.2 Å². The monoisotopic (exact) mass is 463 g/mol. The van der Waals surface area contributed by atoms with Gasteiger partial charge in [0.25, 0.3) is 0 Å². The van der Waals surface area contributed by atoms with Crippen LogP contribution in [0, 0.1) is 11.3 Å². The third-order valence-corrected chi connectivity index (χ3v) is 6.88. The highest BCUT2D eigenvalue weighted by atomic mass is 16.5. The number of pyridine rings is 1. The summed E-state index contributed by atoms with van der Waals surface area (Å²) in [6, 6.07) is 12.2. The highest BCUT2D eigenvalue weighted by molar-refractivity contribution is 5.83. The minimum absolute atomic E-state index is 0.310. The van der Waals surface area contributed by atoms with Gasteiger partial charge in [-0.2, -0.15) is 0 Å². The zero-order chi connectivity index (χ0) is 24.0. The second kappa shape index (κ2) is 11.2. The van der Waals surface area contributed by atoms with E-state index in [-0.39, 0.29) is 0 Å². The summed E-state index contributed by atoms with van der Waals surface area (Å²) >= 11 is 0. The predicted molar refractivity (Wildman–Crippen MR) is 140 cm³/mol.